The lowest BCUT2D eigenvalue weighted by atomic mass is 9.88. The Morgan fingerprint density at radius 1 is 0.984 bits per heavy atom. The molecule has 4 aromatic rings. The van der Waals surface area contributed by atoms with E-state index in [1.54, 1.807) is 24.1 Å². The number of imide groups is 1. The molecule has 8 rings (SSSR count). The molecule has 2 aromatic heterocycles. The fourth-order valence-corrected chi connectivity index (χ4v) is 9.07. The summed E-state index contributed by atoms with van der Waals surface area (Å²) in [6, 6.07) is 12.1. The number of imidazole rings is 1. The molecule has 6 heterocycles. The molecule has 0 saturated carbocycles. The number of rotatable bonds is 5. The van der Waals surface area contributed by atoms with Crippen LogP contribution in [0.4, 0.5) is 20.4 Å². The minimum Gasteiger partial charge on any atom is -0.477 e. The van der Waals surface area contributed by atoms with Gasteiger partial charge in [0.1, 0.15) is 11.6 Å². The molecule has 4 aliphatic rings. The Balaban J connectivity index is 0.908. The molecule has 3 fully saturated rings. The fourth-order valence-electron chi connectivity index (χ4n) is 9.07. The first kappa shape index (κ1) is 41.5. The Morgan fingerprint density at radius 2 is 1.74 bits per heavy atom. The molecule has 4 aliphatic heterocycles. The van der Waals surface area contributed by atoms with E-state index in [-0.39, 0.29) is 42.1 Å². The number of benzene rings is 2. The Kier molecular flexibility index (Phi) is 11.9. The minimum absolute atomic E-state index is 0.0216. The van der Waals surface area contributed by atoms with Crippen molar-refractivity contribution < 1.29 is 32.7 Å². The van der Waals surface area contributed by atoms with E-state index in [9.17, 15) is 19.2 Å². The third kappa shape index (κ3) is 8.71. The van der Waals surface area contributed by atoms with Crippen LogP contribution >= 0.6 is 0 Å². The molecule has 16 heteroatoms. The molecule has 0 unspecified atom stereocenters. The Labute approximate surface area is 352 Å². The summed E-state index contributed by atoms with van der Waals surface area (Å²) in [5.41, 5.74) is 10.9. The first-order valence-corrected chi connectivity index (χ1v) is 21.1. The van der Waals surface area contributed by atoms with Crippen molar-refractivity contribution in [2.45, 2.75) is 71.3 Å². The number of nitrogens with zero attached hydrogens (tertiary/aromatic N) is 6. The van der Waals surface area contributed by atoms with Crippen LogP contribution in [0.25, 0.3) is 16.6 Å². The van der Waals surface area contributed by atoms with Crippen LogP contribution in [-0.2, 0) is 32.1 Å². The van der Waals surface area contributed by atoms with Gasteiger partial charge in [-0.15, -0.1) is 0 Å². The third-order valence-corrected chi connectivity index (χ3v) is 12.4. The molecule has 14 nitrogen and oxygen atoms in total. The molecule has 4 N–H and O–H groups in total. The van der Waals surface area contributed by atoms with Crippen LogP contribution in [0, 0.1) is 36.3 Å². The molecule has 61 heavy (non-hydrogen) atoms. The maximum Gasteiger partial charge on any atom is 0.258 e. The summed E-state index contributed by atoms with van der Waals surface area (Å²) in [7, 11) is 1.64. The van der Waals surface area contributed by atoms with E-state index in [4.69, 9.17) is 15.5 Å². The lowest BCUT2D eigenvalue weighted by Crippen LogP contribution is -2.55. The second-order valence-corrected chi connectivity index (χ2v) is 16.8. The van der Waals surface area contributed by atoms with Crippen LogP contribution in [0.15, 0.2) is 53.7 Å². The van der Waals surface area contributed by atoms with E-state index >= 15 is 8.78 Å². The monoisotopic (exact) mass is 835 g/mol. The van der Waals surface area contributed by atoms with Crippen molar-refractivity contribution in [1.82, 2.24) is 24.8 Å². The first-order valence-electron chi connectivity index (χ1n) is 21.1. The second-order valence-electron chi connectivity index (χ2n) is 16.8. The summed E-state index contributed by atoms with van der Waals surface area (Å²) < 4.78 is 38.5. The van der Waals surface area contributed by atoms with Crippen LogP contribution in [-0.4, -0.2) is 88.8 Å². The van der Waals surface area contributed by atoms with Crippen LogP contribution in [0.2, 0.25) is 0 Å². The van der Waals surface area contributed by atoms with Gasteiger partial charge in [-0.25, -0.2) is 13.8 Å². The lowest BCUT2D eigenvalue weighted by Gasteiger charge is -2.43. The highest BCUT2D eigenvalue weighted by atomic mass is 19.1. The number of aromatic nitrogens is 3. The minimum atomic E-state index is -1.06. The normalized spacial score (nSPS) is 22.3. The quantitative estimate of drug-likeness (QED) is 0.220. The molecular weight excluding hydrogens is 785 g/mol. The van der Waals surface area contributed by atoms with Crippen molar-refractivity contribution in [3.05, 3.63) is 88.4 Å². The Hall–Kier alpha value is -6.19. The summed E-state index contributed by atoms with van der Waals surface area (Å²) >= 11 is 0. The van der Waals surface area contributed by atoms with Crippen molar-refractivity contribution in [3.8, 4) is 0 Å². The molecule has 4 amide bonds. The van der Waals surface area contributed by atoms with E-state index in [0.29, 0.717) is 85.3 Å². The molecule has 2 aromatic carbocycles. The van der Waals surface area contributed by atoms with Gasteiger partial charge in [0.05, 0.1) is 40.7 Å². The zero-order valence-corrected chi connectivity index (χ0v) is 34.7. The van der Waals surface area contributed by atoms with Crippen molar-refractivity contribution in [3.63, 3.8) is 0 Å². The van der Waals surface area contributed by atoms with Gasteiger partial charge in [-0.05, 0) is 99.2 Å². The number of aryl methyl sites for hydroxylation is 1. The number of hydrogen-bond acceptors (Lipinski definition) is 10. The largest absolute Gasteiger partial charge is 0.477 e. The molecule has 0 aliphatic carbocycles. The van der Waals surface area contributed by atoms with E-state index < -0.39 is 29.4 Å². The van der Waals surface area contributed by atoms with Gasteiger partial charge in [-0.3, -0.25) is 39.8 Å². The van der Waals surface area contributed by atoms with Gasteiger partial charge in [0.15, 0.2) is 0 Å². The number of nitrogens with two attached hydrogens (primary N) is 1. The van der Waals surface area contributed by atoms with E-state index in [1.807, 2.05) is 17.9 Å². The summed E-state index contributed by atoms with van der Waals surface area (Å²) in [6.07, 6.45) is 5.65. The van der Waals surface area contributed by atoms with Crippen molar-refractivity contribution in [2.24, 2.45) is 28.5 Å². The van der Waals surface area contributed by atoms with Crippen molar-refractivity contribution in [2.75, 3.05) is 50.1 Å². The van der Waals surface area contributed by atoms with E-state index in [2.05, 4.69) is 44.2 Å². The van der Waals surface area contributed by atoms with Crippen LogP contribution in [0.3, 0.4) is 0 Å². The topological polar surface area (TPSA) is 177 Å². The number of likely N-dealkylation sites (tertiary alicyclic amines) is 1. The van der Waals surface area contributed by atoms with Crippen LogP contribution in [0.1, 0.15) is 84.2 Å². The van der Waals surface area contributed by atoms with Gasteiger partial charge in [0, 0.05) is 74.9 Å². The Morgan fingerprint density at radius 3 is 2.44 bits per heavy atom. The summed E-state index contributed by atoms with van der Waals surface area (Å²) in [5, 5.41) is 5.24. The van der Waals surface area contributed by atoms with Crippen molar-refractivity contribution >= 4 is 57.8 Å². The number of anilines is 2. The SMILES string of the molecule is CN=C1OCCC[C@@H](C)Cn2c(nc3ccc(CC4CCN(C(=O)C5CN(c6cc(F)c([C@H]7CCC(=O)NC7=O)c(F)c6)C5)CC4)cc32)NC(=O)c2cc(C)nc(c2)C1=CN. The zero-order chi connectivity index (χ0) is 42.9. The number of piperidine rings is 2. The molecular formula is C45H51F2N9O5. The van der Waals surface area contributed by atoms with Gasteiger partial charge in [0.25, 0.3) is 5.91 Å². The predicted octanol–water partition coefficient (Wildman–Crippen LogP) is 5.48. The summed E-state index contributed by atoms with van der Waals surface area (Å²) in [6.45, 7) is 7.03. The first-order chi connectivity index (χ1) is 29.4. The zero-order valence-electron chi connectivity index (χ0n) is 34.7. The van der Waals surface area contributed by atoms with Gasteiger partial charge in [-0.2, -0.15) is 0 Å². The lowest BCUT2D eigenvalue weighted by molar-refractivity contribution is -0.138. The maximum atomic E-state index is 15.2. The highest BCUT2D eigenvalue weighted by Gasteiger charge is 2.38. The van der Waals surface area contributed by atoms with Gasteiger partial charge >= 0.3 is 0 Å². The molecule has 2 atom stereocenters. The highest BCUT2D eigenvalue weighted by molar-refractivity contribution is 6.19. The van der Waals surface area contributed by atoms with Crippen molar-refractivity contribution in [1.29, 1.82) is 0 Å². The molecule has 320 valence electrons. The molecule has 2 bridgehead atoms. The number of aliphatic imine (C=N–C) groups is 1. The average Bonchev–Trinajstić information content (AvgIpc) is 3.53. The van der Waals surface area contributed by atoms with E-state index in [0.717, 1.165) is 48.7 Å². The second kappa shape index (κ2) is 17.4. The van der Waals surface area contributed by atoms with Gasteiger partial charge < -0.3 is 24.8 Å². The fraction of sp³-hybridized carbons (Fsp3) is 0.444. The van der Waals surface area contributed by atoms with E-state index in [1.165, 1.54) is 18.3 Å². The molecule has 3 saturated heterocycles. The maximum absolute atomic E-state index is 15.2. The number of halogens is 2. The third-order valence-electron chi connectivity index (χ3n) is 12.4. The standard InChI is InChI=1S/C45H51F2N9O5/c1-25-5-4-14-61-43(49-3)33(21-48)37-18-29(15-26(2)50-37)41(58)53-45-51-36-8-6-28(17-38(36)56(45)22-25)16-27-10-12-54(13-11-27)44(60)30-23-55(24-30)31-19-34(46)40(35(47)20-31)32-7-9-39(57)52-42(32)59/h6,8,15,17-21,25,27,30,32H,4-5,7,9-14,16,22-24,48H2,1-3H3,(H,51,53,58)(H,52,57,59)/t25-,32-/m1/s1. The number of carbonyl (C=O) groups is 4. The number of fused-ring (bicyclic) bond motifs is 5. The summed E-state index contributed by atoms with van der Waals surface area (Å²) in [5.74, 6) is -2.98. The Bertz CT molecular complexity index is 2430. The number of carbonyl (C=O) groups excluding carboxylic acids is 4. The predicted molar refractivity (Wildman–Crippen MR) is 227 cm³/mol. The van der Waals surface area contributed by atoms with Crippen LogP contribution < -0.4 is 21.3 Å². The number of ether oxygens (including phenoxy) is 1. The number of pyridine rings is 1. The average molecular weight is 836 g/mol. The highest BCUT2D eigenvalue weighted by Crippen LogP contribution is 2.35. The number of amides is 4. The summed E-state index contributed by atoms with van der Waals surface area (Å²) in [4.78, 5) is 68.6. The molecule has 0 spiro atoms. The molecule has 0 radical (unpaired) electrons. The number of hydrogen-bond donors (Lipinski definition) is 3. The van der Waals surface area contributed by atoms with Gasteiger partial charge in [0.2, 0.25) is 29.6 Å². The smallest absolute Gasteiger partial charge is 0.258 e. The van der Waals surface area contributed by atoms with Gasteiger partial charge in [-0.1, -0.05) is 13.0 Å². The number of nitrogens with one attached hydrogen (secondary N) is 2. The van der Waals surface area contributed by atoms with Crippen LogP contribution in [0.5, 0.6) is 0 Å².